The molecule has 0 aromatic heterocycles. The molecule has 14 heavy (non-hydrogen) atoms. The van der Waals surface area contributed by atoms with Gasteiger partial charge in [-0.25, -0.2) is 0 Å². The second-order valence-corrected chi connectivity index (χ2v) is 5.40. The third-order valence-electron chi connectivity index (χ3n) is 4.33. The minimum Gasteiger partial charge on any atom is -0.388 e. The molecule has 2 heteroatoms. The lowest BCUT2D eigenvalue weighted by Crippen LogP contribution is -2.52. The van der Waals surface area contributed by atoms with E-state index in [2.05, 4.69) is 19.9 Å². The molecule has 0 saturated heterocycles. The average molecular weight is 195 g/mol. The fraction of sp³-hybridized carbons (Fsp3) is 0.917. The molecule has 1 N–H and O–H groups in total. The Morgan fingerprint density at radius 1 is 1.43 bits per heavy atom. The van der Waals surface area contributed by atoms with Crippen LogP contribution in [0.3, 0.4) is 0 Å². The van der Waals surface area contributed by atoms with Gasteiger partial charge in [-0.05, 0) is 38.0 Å². The Morgan fingerprint density at radius 3 is 2.29 bits per heavy atom. The molecular weight excluding hydrogens is 174 g/mol. The van der Waals surface area contributed by atoms with Crippen LogP contribution in [0.15, 0.2) is 0 Å². The molecule has 1 rings (SSSR count). The molecule has 0 aliphatic heterocycles. The summed E-state index contributed by atoms with van der Waals surface area (Å²) in [4.78, 5) is 0. The molecule has 2 atom stereocenters. The first kappa shape index (κ1) is 11.5. The zero-order valence-corrected chi connectivity index (χ0v) is 9.72. The van der Waals surface area contributed by atoms with Gasteiger partial charge in [-0.1, -0.05) is 20.8 Å². The monoisotopic (exact) mass is 195 g/mol. The summed E-state index contributed by atoms with van der Waals surface area (Å²) in [5, 5.41) is 19.9. The largest absolute Gasteiger partial charge is 0.388 e. The average Bonchev–Trinajstić information content (AvgIpc) is 2.41. The normalized spacial score (nSPS) is 34.9. The van der Waals surface area contributed by atoms with Gasteiger partial charge in [-0.15, -0.1) is 0 Å². The number of aliphatic hydroxyl groups is 1. The van der Waals surface area contributed by atoms with E-state index in [9.17, 15) is 10.4 Å². The minimum atomic E-state index is -0.816. The van der Waals surface area contributed by atoms with Crippen LogP contribution in [0.5, 0.6) is 0 Å². The lowest BCUT2D eigenvalue weighted by molar-refractivity contribution is -0.116. The first-order chi connectivity index (χ1) is 6.33. The zero-order valence-electron chi connectivity index (χ0n) is 9.72. The van der Waals surface area contributed by atoms with E-state index >= 15 is 0 Å². The summed E-state index contributed by atoms with van der Waals surface area (Å²) >= 11 is 0. The van der Waals surface area contributed by atoms with E-state index in [0.717, 1.165) is 19.3 Å². The van der Waals surface area contributed by atoms with Gasteiger partial charge < -0.3 is 5.11 Å². The molecule has 1 saturated carbocycles. The third kappa shape index (κ3) is 1.26. The summed E-state index contributed by atoms with van der Waals surface area (Å²) in [5.74, 6) is 0. The summed E-state index contributed by atoms with van der Waals surface area (Å²) in [6.07, 6.45) is 3.52. The van der Waals surface area contributed by atoms with Gasteiger partial charge in [0, 0.05) is 0 Å². The summed E-state index contributed by atoms with van der Waals surface area (Å²) < 4.78 is 0. The lowest BCUT2D eigenvalue weighted by Gasteiger charge is -2.46. The van der Waals surface area contributed by atoms with Crippen molar-refractivity contribution in [3.05, 3.63) is 0 Å². The predicted molar refractivity (Wildman–Crippen MR) is 56.6 cm³/mol. The number of hydrogen-bond acceptors (Lipinski definition) is 2. The Balaban J connectivity index is 3.12. The van der Waals surface area contributed by atoms with E-state index in [1.165, 1.54) is 0 Å². The quantitative estimate of drug-likeness (QED) is 0.736. The molecule has 1 aliphatic rings. The Bertz CT molecular complexity index is 266. The molecule has 0 aromatic carbocycles. The molecule has 0 aromatic rings. The number of nitrogens with zero attached hydrogens (tertiary/aromatic N) is 1. The van der Waals surface area contributed by atoms with Gasteiger partial charge in [0.25, 0.3) is 0 Å². The Morgan fingerprint density at radius 2 is 2.00 bits per heavy atom. The first-order valence-corrected chi connectivity index (χ1v) is 5.46. The van der Waals surface area contributed by atoms with E-state index in [4.69, 9.17) is 0 Å². The molecule has 1 fully saturated rings. The maximum atomic E-state index is 10.7. The molecule has 0 bridgehead atoms. The van der Waals surface area contributed by atoms with E-state index < -0.39 is 11.0 Å². The highest BCUT2D eigenvalue weighted by molar-refractivity contribution is 5.16. The van der Waals surface area contributed by atoms with Crippen LogP contribution in [0, 0.1) is 22.2 Å². The highest BCUT2D eigenvalue weighted by Gasteiger charge is 2.58. The standard InChI is InChI=1S/C12H21NO/c1-5-11(4,9-13)12(14)8-6-7-10(12,2)3/h14H,5-8H2,1-4H3. The topological polar surface area (TPSA) is 44.0 Å². The van der Waals surface area contributed by atoms with Crippen molar-refractivity contribution in [2.75, 3.05) is 0 Å². The van der Waals surface area contributed by atoms with Gasteiger partial charge in [0.1, 0.15) is 0 Å². The zero-order chi connectivity index (χ0) is 11.0. The Hall–Kier alpha value is -0.550. The first-order valence-electron chi connectivity index (χ1n) is 5.46. The molecule has 0 amide bonds. The minimum absolute atomic E-state index is 0.131. The molecule has 1 aliphatic carbocycles. The second-order valence-electron chi connectivity index (χ2n) is 5.40. The van der Waals surface area contributed by atoms with Crippen LogP contribution in [0.2, 0.25) is 0 Å². The van der Waals surface area contributed by atoms with Crippen LogP contribution in [-0.4, -0.2) is 10.7 Å². The molecule has 2 nitrogen and oxygen atoms in total. The molecule has 80 valence electrons. The smallest absolute Gasteiger partial charge is 0.0881 e. The van der Waals surface area contributed by atoms with Crippen LogP contribution in [0.4, 0.5) is 0 Å². The van der Waals surface area contributed by atoms with Crippen LogP contribution in [-0.2, 0) is 0 Å². The van der Waals surface area contributed by atoms with Crippen LogP contribution in [0.25, 0.3) is 0 Å². The van der Waals surface area contributed by atoms with Gasteiger partial charge >= 0.3 is 0 Å². The summed E-state index contributed by atoms with van der Waals surface area (Å²) in [6.45, 7) is 8.02. The summed E-state index contributed by atoms with van der Waals surface area (Å²) in [5.41, 5.74) is -1.55. The molecule has 0 heterocycles. The second kappa shape index (κ2) is 3.24. The molecule has 0 radical (unpaired) electrons. The fourth-order valence-corrected chi connectivity index (χ4v) is 2.82. The van der Waals surface area contributed by atoms with Crippen LogP contribution in [0.1, 0.15) is 53.4 Å². The Kier molecular flexibility index (Phi) is 2.67. The van der Waals surface area contributed by atoms with Crippen molar-refractivity contribution in [2.24, 2.45) is 10.8 Å². The number of hydrogen-bond donors (Lipinski definition) is 1. The van der Waals surface area contributed by atoms with E-state index in [1.807, 2.05) is 13.8 Å². The van der Waals surface area contributed by atoms with E-state index in [1.54, 1.807) is 0 Å². The van der Waals surface area contributed by atoms with Crippen molar-refractivity contribution in [1.82, 2.24) is 0 Å². The predicted octanol–water partition coefficient (Wildman–Crippen LogP) is 2.87. The molecular formula is C12H21NO. The fourth-order valence-electron chi connectivity index (χ4n) is 2.82. The molecule has 2 unspecified atom stereocenters. The summed E-state index contributed by atoms with van der Waals surface area (Å²) in [6, 6.07) is 2.32. The van der Waals surface area contributed by atoms with Crippen molar-refractivity contribution < 1.29 is 5.11 Å². The van der Waals surface area contributed by atoms with Crippen LogP contribution >= 0.6 is 0 Å². The number of rotatable bonds is 2. The van der Waals surface area contributed by atoms with E-state index in [0.29, 0.717) is 6.42 Å². The van der Waals surface area contributed by atoms with E-state index in [-0.39, 0.29) is 5.41 Å². The summed E-state index contributed by atoms with van der Waals surface area (Å²) in [7, 11) is 0. The molecule has 0 spiro atoms. The van der Waals surface area contributed by atoms with Crippen molar-refractivity contribution in [3.63, 3.8) is 0 Å². The SMILES string of the molecule is CCC(C)(C#N)C1(O)CCCC1(C)C. The van der Waals surface area contributed by atoms with Gasteiger partial charge in [0.05, 0.1) is 17.1 Å². The lowest BCUT2D eigenvalue weighted by atomic mass is 9.61. The van der Waals surface area contributed by atoms with Crippen molar-refractivity contribution in [3.8, 4) is 6.07 Å². The number of nitriles is 1. The van der Waals surface area contributed by atoms with Gasteiger partial charge in [-0.3, -0.25) is 0 Å². The van der Waals surface area contributed by atoms with Gasteiger partial charge in [0.2, 0.25) is 0 Å². The van der Waals surface area contributed by atoms with Gasteiger partial charge in [0.15, 0.2) is 0 Å². The van der Waals surface area contributed by atoms with Gasteiger partial charge in [-0.2, -0.15) is 5.26 Å². The Labute approximate surface area is 86.9 Å². The van der Waals surface area contributed by atoms with Crippen molar-refractivity contribution in [2.45, 2.75) is 59.0 Å². The van der Waals surface area contributed by atoms with Crippen molar-refractivity contribution in [1.29, 1.82) is 5.26 Å². The maximum Gasteiger partial charge on any atom is 0.0881 e. The third-order valence-corrected chi connectivity index (χ3v) is 4.33. The highest BCUT2D eigenvalue weighted by Crippen LogP contribution is 2.55. The van der Waals surface area contributed by atoms with Crippen LogP contribution < -0.4 is 0 Å². The highest BCUT2D eigenvalue weighted by atomic mass is 16.3. The van der Waals surface area contributed by atoms with Crippen molar-refractivity contribution >= 4 is 0 Å². The maximum absolute atomic E-state index is 10.7.